The number of rotatable bonds is 5. The van der Waals surface area contributed by atoms with Gasteiger partial charge in [-0.1, -0.05) is 0 Å². The van der Waals surface area contributed by atoms with Gasteiger partial charge in [-0.3, -0.25) is 9.59 Å². The number of carbonyl (C=O) groups is 2. The third kappa shape index (κ3) is 2.94. The Morgan fingerprint density at radius 2 is 2.05 bits per heavy atom. The maximum absolute atomic E-state index is 12.6. The van der Waals surface area contributed by atoms with Gasteiger partial charge in [0.1, 0.15) is 0 Å². The molecule has 1 saturated carbocycles. The van der Waals surface area contributed by atoms with E-state index in [2.05, 4.69) is 4.74 Å². The highest BCUT2D eigenvalue weighted by Crippen LogP contribution is 2.34. The van der Waals surface area contributed by atoms with E-state index in [0.717, 1.165) is 12.8 Å². The average Bonchev–Trinajstić information content (AvgIpc) is 3.23. The monoisotopic (exact) mass is 291 g/mol. The summed E-state index contributed by atoms with van der Waals surface area (Å²) in [5, 5.41) is 0. The van der Waals surface area contributed by atoms with Crippen LogP contribution in [0.4, 0.5) is 0 Å². The van der Waals surface area contributed by atoms with Crippen LogP contribution in [-0.4, -0.2) is 43.3 Å². The van der Waals surface area contributed by atoms with Crippen molar-refractivity contribution in [2.45, 2.75) is 25.3 Å². The fourth-order valence-corrected chi connectivity index (χ4v) is 2.35. The first-order valence-corrected chi connectivity index (χ1v) is 6.96. The van der Waals surface area contributed by atoms with Crippen LogP contribution < -0.4 is 9.47 Å². The second-order valence-electron chi connectivity index (χ2n) is 5.12. The van der Waals surface area contributed by atoms with E-state index in [1.807, 2.05) is 0 Å². The van der Waals surface area contributed by atoms with Gasteiger partial charge in [0.2, 0.25) is 6.79 Å². The summed E-state index contributed by atoms with van der Waals surface area (Å²) in [7, 11) is 1.35. The van der Waals surface area contributed by atoms with E-state index in [4.69, 9.17) is 9.47 Å². The number of hydrogen-bond donors (Lipinski definition) is 0. The normalized spacial score (nSPS) is 15.7. The van der Waals surface area contributed by atoms with Crippen molar-refractivity contribution in [2.24, 2.45) is 0 Å². The summed E-state index contributed by atoms with van der Waals surface area (Å²) in [5.74, 6) is 0.850. The summed E-state index contributed by atoms with van der Waals surface area (Å²) in [6.45, 7) is 0.562. The van der Waals surface area contributed by atoms with Crippen molar-refractivity contribution in [2.75, 3.05) is 20.4 Å². The van der Waals surface area contributed by atoms with Crippen LogP contribution in [0.25, 0.3) is 0 Å². The largest absolute Gasteiger partial charge is 0.469 e. The van der Waals surface area contributed by atoms with Gasteiger partial charge in [-0.15, -0.1) is 0 Å². The van der Waals surface area contributed by atoms with Crippen LogP contribution in [0.15, 0.2) is 18.2 Å². The molecule has 1 amide bonds. The van der Waals surface area contributed by atoms with Gasteiger partial charge >= 0.3 is 5.97 Å². The Hall–Kier alpha value is -2.24. The van der Waals surface area contributed by atoms with Crippen molar-refractivity contribution >= 4 is 11.9 Å². The highest BCUT2D eigenvalue weighted by atomic mass is 16.7. The SMILES string of the molecule is COC(=O)CCN(C(=O)c1ccc2c(c1)OCO2)C1CC1. The second kappa shape index (κ2) is 5.63. The lowest BCUT2D eigenvalue weighted by atomic mass is 10.1. The van der Waals surface area contributed by atoms with E-state index in [1.54, 1.807) is 23.1 Å². The lowest BCUT2D eigenvalue weighted by molar-refractivity contribution is -0.140. The summed E-state index contributed by atoms with van der Waals surface area (Å²) >= 11 is 0. The molecule has 0 spiro atoms. The molecule has 1 heterocycles. The van der Waals surface area contributed by atoms with Gasteiger partial charge < -0.3 is 19.1 Å². The van der Waals surface area contributed by atoms with Gasteiger partial charge in [0, 0.05) is 18.2 Å². The molecular formula is C15H17NO5. The molecule has 6 heteroatoms. The van der Waals surface area contributed by atoms with Crippen molar-refractivity contribution in [1.29, 1.82) is 0 Å². The Kier molecular flexibility index (Phi) is 3.68. The second-order valence-corrected chi connectivity index (χ2v) is 5.12. The molecule has 21 heavy (non-hydrogen) atoms. The minimum atomic E-state index is -0.306. The molecule has 0 aromatic heterocycles. The summed E-state index contributed by atoms with van der Waals surface area (Å²) in [5.41, 5.74) is 0.552. The molecule has 0 atom stereocenters. The summed E-state index contributed by atoms with van der Waals surface area (Å²) in [6, 6.07) is 5.38. The van der Waals surface area contributed by atoms with Crippen LogP contribution in [0, 0.1) is 0 Å². The number of carbonyl (C=O) groups excluding carboxylic acids is 2. The van der Waals surface area contributed by atoms with Crippen molar-refractivity contribution in [3.63, 3.8) is 0 Å². The van der Waals surface area contributed by atoms with Crippen molar-refractivity contribution in [3.05, 3.63) is 23.8 Å². The number of amides is 1. The summed E-state index contributed by atoms with van der Waals surface area (Å²) in [6.07, 6.45) is 2.18. The van der Waals surface area contributed by atoms with Gasteiger partial charge in [0.15, 0.2) is 11.5 Å². The first kappa shape index (κ1) is 13.7. The Morgan fingerprint density at radius 3 is 2.76 bits per heavy atom. The van der Waals surface area contributed by atoms with E-state index in [-0.39, 0.29) is 31.1 Å². The van der Waals surface area contributed by atoms with Crippen LogP contribution in [0.3, 0.4) is 0 Å². The third-order valence-corrected chi connectivity index (χ3v) is 3.65. The van der Waals surface area contributed by atoms with E-state index in [1.165, 1.54) is 7.11 Å². The van der Waals surface area contributed by atoms with E-state index >= 15 is 0 Å². The lowest BCUT2D eigenvalue weighted by Crippen LogP contribution is -2.35. The smallest absolute Gasteiger partial charge is 0.307 e. The molecule has 0 unspecified atom stereocenters. The molecule has 3 rings (SSSR count). The molecule has 0 saturated heterocycles. The Morgan fingerprint density at radius 1 is 1.29 bits per heavy atom. The maximum atomic E-state index is 12.6. The zero-order valence-corrected chi connectivity index (χ0v) is 11.8. The van der Waals surface area contributed by atoms with E-state index < -0.39 is 0 Å². The summed E-state index contributed by atoms with van der Waals surface area (Å²) in [4.78, 5) is 25.6. The molecule has 0 N–H and O–H groups in total. The first-order valence-electron chi connectivity index (χ1n) is 6.96. The zero-order valence-electron chi connectivity index (χ0n) is 11.8. The van der Waals surface area contributed by atoms with Gasteiger partial charge in [-0.05, 0) is 31.0 Å². The molecule has 1 aliphatic heterocycles. The zero-order chi connectivity index (χ0) is 14.8. The quantitative estimate of drug-likeness (QED) is 0.771. The number of hydrogen-bond acceptors (Lipinski definition) is 5. The number of benzene rings is 1. The molecule has 0 bridgehead atoms. The highest BCUT2D eigenvalue weighted by Gasteiger charge is 2.33. The Bertz CT molecular complexity index is 567. The van der Waals surface area contributed by atoms with Gasteiger partial charge in [-0.25, -0.2) is 0 Å². The van der Waals surface area contributed by atoms with Gasteiger partial charge in [0.25, 0.3) is 5.91 Å². The molecule has 2 aliphatic rings. The number of ether oxygens (including phenoxy) is 3. The third-order valence-electron chi connectivity index (χ3n) is 3.65. The molecule has 1 aliphatic carbocycles. The molecular weight excluding hydrogens is 274 g/mol. The maximum Gasteiger partial charge on any atom is 0.307 e. The molecule has 112 valence electrons. The van der Waals surface area contributed by atoms with Crippen molar-refractivity contribution < 1.29 is 23.8 Å². The standard InChI is InChI=1S/C15H17NO5/c1-19-14(17)6-7-16(11-3-4-11)15(18)10-2-5-12-13(8-10)21-9-20-12/h2,5,8,11H,3-4,6-7,9H2,1H3. The predicted molar refractivity (Wildman–Crippen MR) is 73.3 cm³/mol. The van der Waals surface area contributed by atoms with Gasteiger partial charge in [-0.2, -0.15) is 0 Å². The minimum absolute atomic E-state index is 0.0836. The van der Waals surface area contributed by atoms with E-state index in [0.29, 0.717) is 23.6 Å². The fraction of sp³-hybridized carbons (Fsp3) is 0.467. The first-order chi connectivity index (χ1) is 10.2. The van der Waals surface area contributed by atoms with Crippen LogP contribution >= 0.6 is 0 Å². The average molecular weight is 291 g/mol. The van der Waals surface area contributed by atoms with Crippen LogP contribution in [-0.2, 0) is 9.53 Å². The van der Waals surface area contributed by atoms with Crippen molar-refractivity contribution in [1.82, 2.24) is 4.90 Å². The molecule has 6 nitrogen and oxygen atoms in total. The van der Waals surface area contributed by atoms with Gasteiger partial charge in [0.05, 0.1) is 13.5 Å². The highest BCUT2D eigenvalue weighted by molar-refractivity contribution is 5.95. The predicted octanol–water partition coefficient (Wildman–Crippen LogP) is 1.58. The van der Waals surface area contributed by atoms with Crippen LogP contribution in [0.5, 0.6) is 11.5 Å². The molecule has 1 aromatic rings. The molecule has 1 aromatic carbocycles. The topological polar surface area (TPSA) is 65.1 Å². The number of esters is 1. The Balaban J connectivity index is 1.73. The van der Waals surface area contributed by atoms with Crippen LogP contribution in [0.1, 0.15) is 29.6 Å². The summed E-state index contributed by atoms with van der Waals surface area (Å²) < 4.78 is 15.2. The van der Waals surface area contributed by atoms with Crippen LogP contribution in [0.2, 0.25) is 0 Å². The number of methoxy groups -OCH3 is 1. The van der Waals surface area contributed by atoms with Crippen molar-refractivity contribution in [3.8, 4) is 11.5 Å². The molecule has 0 radical (unpaired) electrons. The minimum Gasteiger partial charge on any atom is -0.469 e. The number of fused-ring (bicyclic) bond motifs is 1. The fourth-order valence-electron chi connectivity index (χ4n) is 2.35. The Labute approximate surface area is 122 Å². The lowest BCUT2D eigenvalue weighted by Gasteiger charge is -2.22. The number of nitrogens with zero attached hydrogens (tertiary/aromatic N) is 1. The van der Waals surface area contributed by atoms with E-state index in [9.17, 15) is 9.59 Å². The molecule has 1 fully saturated rings.